The highest BCUT2D eigenvalue weighted by atomic mass is 16.6. The van der Waals surface area contributed by atoms with Gasteiger partial charge >= 0.3 is 5.97 Å². The van der Waals surface area contributed by atoms with Crippen molar-refractivity contribution in [1.29, 1.82) is 0 Å². The summed E-state index contributed by atoms with van der Waals surface area (Å²) in [6.45, 7) is 1.88. The van der Waals surface area contributed by atoms with Gasteiger partial charge in [0.05, 0.1) is 35.2 Å². The maximum atomic E-state index is 13.3. The van der Waals surface area contributed by atoms with Crippen molar-refractivity contribution < 1.29 is 14.6 Å². The molecule has 0 saturated heterocycles. The molecule has 0 saturated carbocycles. The number of esters is 1. The maximum Gasteiger partial charge on any atom is 0.343 e. The third-order valence-corrected chi connectivity index (χ3v) is 5.96. The first-order chi connectivity index (χ1) is 14.5. The number of ether oxygens (including phenoxy) is 1. The van der Waals surface area contributed by atoms with Crippen LogP contribution in [0.2, 0.25) is 0 Å². The van der Waals surface area contributed by atoms with Gasteiger partial charge < -0.3 is 19.8 Å². The molecule has 0 fully saturated rings. The van der Waals surface area contributed by atoms with Crippen molar-refractivity contribution in [2.45, 2.75) is 32.1 Å². The number of para-hydroxylation sites is 1. The highest BCUT2D eigenvalue weighted by Gasteiger charge is 2.45. The van der Waals surface area contributed by atoms with E-state index in [1.54, 1.807) is 30.8 Å². The van der Waals surface area contributed by atoms with Crippen molar-refractivity contribution in [3.63, 3.8) is 0 Å². The summed E-state index contributed by atoms with van der Waals surface area (Å²) >= 11 is 0. The van der Waals surface area contributed by atoms with Gasteiger partial charge in [-0.2, -0.15) is 5.10 Å². The van der Waals surface area contributed by atoms with Crippen LogP contribution in [0.1, 0.15) is 35.6 Å². The normalized spacial score (nSPS) is 19.5. The van der Waals surface area contributed by atoms with E-state index in [-0.39, 0.29) is 18.6 Å². The average molecular weight is 404 g/mol. The van der Waals surface area contributed by atoms with Gasteiger partial charge in [-0.3, -0.25) is 4.79 Å². The topological polar surface area (TPSA) is 106 Å². The molecule has 30 heavy (non-hydrogen) atoms. The van der Waals surface area contributed by atoms with Gasteiger partial charge in [0.1, 0.15) is 6.61 Å². The van der Waals surface area contributed by atoms with E-state index in [1.807, 2.05) is 24.3 Å². The Kier molecular flexibility index (Phi) is 4.01. The molecule has 4 heterocycles. The summed E-state index contributed by atoms with van der Waals surface area (Å²) in [6.07, 6.45) is 1.84. The van der Waals surface area contributed by atoms with Crippen LogP contribution in [0.5, 0.6) is 0 Å². The zero-order valence-corrected chi connectivity index (χ0v) is 16.6. The molecule has 0 spiro atoms. The number of hydrogen-bond donors (Lipinski definition) is 2. The molecule has 1 aromatic carbocycles. The Labute approximate surface area is 171 Å². The molecule has 1 atom stereocenters. The number of nitrogens with one attached hydrogen (secondary N) is 1. The van der Waals surface area contributed by atoms with Crippen LogP contribution in [0.15, 0.2) is 40.2 Å². The Hall–Kier alpha value is -3.52. The Bertz CT molecular complexity index is 1310. The van der Waals surface area contributed by atoms with Crippen LogP contribution >= 0.6 is 0 Å². The van der Waals surface area contributed by atoms with Gasteiger partial charge in [-0.1, -0.05) is 25.1 Å². The summed E-state index contributed by atoms with van der Waals surface area (Å²) < 4.78 is 6.75. The Morgan fingerprint density at radius 1 is 1.33 bits per heavy atom. The number of aromatic nitrogens is 2. The van der Waals surface area contributed by atoms with Crippen molar-refractivity contribution in [3.05, 3.63) is 62.9 Å². The van der Waals surface area contributed by atoms with Gasteiger partial charge in [-0.15, -0.1) is 0 Å². The van der Waals surface area contributed by atoms with Crippen LogP contribution in [0.3, 0.4) is 0 Å². The van der Waals surface area contributed by atoms with E-state index in [0.717, 1.165) is 22.0 Å². The number of aliphatic hydroxyl groups is 1. The molecule has 2 aliphatic rings. The van der Waals surface area contributed by atoms with Gasteiger partial charge in [0, 0.05) is 29.1 Å². The molecule has 152 valence electrons. The maximum absolute atomic E-state index is 13.3. The first kappa shape index (κ1) is 18.5. The molecule has 0 bridgehead atoms. The zero-order chi connectivity index (χ0) is 21.0. The molecular weight excluding hydrogens is 384 g/mol. The summed E-state index contributed by atoms with van der Waals surface area (Å²) in [5.74, 6) is -0.728. The second-order valence-corrected chi connectivity index (χ2v) is 7.45. The molecule has 8 heteroatoms. The highest BCUT2D eigenvalue weighted by molar-refractivity contribution is 6.02. The summed E-state index contributed by atoms with van der Waals surface area (Å²) in [5.41, 5.74) is 5.04. The number of fused-ring (bicyclic) bond motifs is 5. The molecule has 0 aliphatic carbocycles. The molecule has 5 rings (SSSR count). The van der Waals surface area contributed by atoms with Crippen molar-refractivity contribution in [2.24, 2.45) is 5.10 Å². The van der Waals surface area contributed by atoms with Gasteiger partial charge in [-0.05, 0) is 18.6 Å². The number of nitrogens with zero attached hydrogens (tertiary/aromatic N) is 3. The molecule has 0 radical (unpaired) electrons. The minimum atomic E-state index is -1.83. The molecular formula is C22H20N4O4. The van der Waals surface area contributed by atoms with Crippen molar-refractivity contribution >= 4 is 23.1 Å². The van der Waals surface area contributed by atoms with Crippen LogP contribution in [0, 0.1) is 0 Å². The fourth-order valence-corrected chi connectivity index (χ4v) is 4.34. The van der Waals surface area contributed by atoms with Crippen LogP contribution in [0.4, 0.5) is 0 Å². The summed E-state index contributed by atoms with van der Waals surface area (Å²) in [6, 6.07) is 9.43. The molecule has 2 aliphatic heterocycles. The number of hydrazone groups is 1. The number of hydrogen-bond acceptors (Lipinski definition) is 7. The monoisotopic (exact) mass is 404 g/mol. The van der Waals surface area contributed by atoms with E-state index in [9.17, 15) is 14.7 Å². The van der Waals surface area contributed by atoms with E-state index in [2.05, 4.69) is 10.5 Å². The number of cyclic esters (lactones) is 1. The molecule has 2 N–H and O–H groups in total. The first-order valence-electron chi connectivity index (χ1n) is 9.78. The molecule has 0 amide bonds. The minimum Gasteiger partial charge on any atom is -0.458 e. The minimum absolute atomic E-state index is 0.111. The number of pyridine rings is 2. The first-order valence-corrected chi connectivity index (χ1v) is 9.78. The molecule has 8 nitrogen and oxygen atoms in total. The third-order valence-electron chi connectivity index (χ3n) is 5.96. The van der Waals surface area contributed by atoms with Crippen molar-refractivity contribution in [3.8, 4) is 11.4 Å². The second-order valence-electron chi connectivity index (χ2n) is 7.45. The quantitative estimate of drug-likeness (QED) is 0.305. The predicted octanol–water partition coefficient (Wildman–Crippen LogP) is 1.63. The van der Waals surface area contributed by atoms with Crippen LogP contribution < -0.4 is 11.0 Å². The number of carbonyl (C=O) groups is 1. The van der Waals surface area contributed by atoms with Gasteiger partial charge in [0.15, 0.2) is 5.60 Å². The molecule has 3 aromatic rings. The standard InChI is InChI=1S/C22H20N4O4/c1-3-22(29)16-8-18-19-14(10-26(18)20(27)15(16)11-30-21(22)28)13(9-24-23-2)12-6-4-5-7-17(12)25-19/h4-9,23,29H,3,10-11H2,1-2H3/b24-9+/t22-/m0/s1. The lowest BCUT2D eigenvalue weighted by Crippen LogP contribution is -2.44. The molecule has 2 aromatic heterocycles. The van der Waals surface area contributed by atoms with Crippen molar-refractivity contribution in [1.82, 2.24) is 15.0 Å². The zero-order valence-electron chi connectivity index (χ0n) is 16.6. The Balaban J connectivity index is 1.83. The third kappa shape index (κ3) is 2.37. The number of benzene rings is 1. The predicted molar refractivity (Wildman–Crippen MR) is 111 cm³/mol. The Morgan fingerprint density at radius 2 is 2.13 bits per heavy atom. The fourth-order valence-electron chi connectivity index (χ4n) is 4.34. The number of carbonyl (C=O) groups excluding carboxylic acids is 1. The molecule has 0 unspecified atom stereocenters. The summed E-state index contributed by atoms with van der Waals surface area (Å²) in [4.78, 5) is 30.4. The smallest absolute Gasteiger partial charge is 0.343 e. The summed E-state index contributed by atoms with van der Waals surface area (Å²) in [7, 11) is 1.72. The van der Waals surface area contributed by atoms with Gasteiger partial charge in [0.25, 0.3) is 5.56 Å². The average Bonchev–Trinajstić information content (AvgIpc) is 3.13. The van der Waals surface area contributed by atoms with E-state index in [1.165, 1.54) is 0 Å². The van der Waals surface area contributed by atoms with E-state index < -0.39 is 11.6 Å². The van der Waals surface area contributed by atoms with Crippen LogP contribution in [-0.2, 0) is 28.3 Å². The lowest BCUT2D eigenvalue weighted by Gasteiger charge is -2.31. The summed E-state index contributed by atoms with van der Waals surface area (Å²) in [5, 5.41) is 16.1. The van der Waals surface area contributed by atoms with E-state index in [4.69, 9.17) is 9.72 Å². The van der Waals surface area contributed by atoms with Crippen LogP contribution in [0.25, 0.3) is 22.3 Å². The van der Waals surface area contributed by atoms with Crippen LogP contribution in [-0.4, -0.2) is 33.9 Å². The largest absolute Gasteiger partial charge is 0.458 e. The second kappa shape index (κ2) is 6.50. The van der Waals surface area contributed by atoms with Crippen molar-refractivity contribution in [2.75, 3.05) is 7.05 Å². The fraction of sp³-hybridized carbons (Fsp3) is 0.273. The number of rotatable bonds is 3. The van der Waals surface area contributed by atoms with E-state index in [0.29, 0.717) is 29.1 Å². The highest BCUT2D eigenvalue weighted by Crippen LogP contribution is 2.39. The van der Waals surface area contributed by atoms with E-state index >= 15 is 0 Å². The lowest BCUT2D eigenvalue weighted by molar-refractivity contribution is -0.172. The SMILES string of the molecule is CC[C@@]1(O)C(=O)OCc2c1cc1n(c2=O)Cc2c-1nc1ccccc1c2/C=N/NC. The lowest BCUT2D eigenvalue weighted by atomic mass is 9.86. The Morgan fingerprint density at radius 3 is 2.90 bits per heavy atom. The van der Waals surface area contributed by atoms with Gasteiger partial charge in [0.2, 0.25) is 0 Å². The van der Waals surface area contributed by atoms with Gasteiger partial charge in [-0.25, -0.2) is 9.78 Å².